The number of carbonyl (C=O) groups excluding carboxylic acids is 1. The molecule has 1 atom stereocenters. The van der Waals surface area contributed by atoms with Crippen LogP contribution in [0.15, 0.2) is 30.3 Å². The highest BCUT2D eigenvalue weighted by Crippen LogP contribution is 2.18. The molecule has 5 heteroatoms. The van der Waals surface area contributed by atoms with Crippen molar-refractivity contribution in [1.82, 2.24) is 15.6 Å². The molecular weight excluding hydrogens is 286 g/mol. The van der Waals surface area contributed by atoms with Gasteiger partial charge in [0, 0.05) is 17.0 Å². The lowest BCUT2D eigenvalue weighted by molar-refractivity contribution is 0.0940. The first-order valence-electron chi connectivity index (χ1n) is 7.27. The molecule has 2 heterocycles. The van der Waals surface area contributed by atoms with Crippen LogP contribution in [0.5, 0.6) is 0 Å². The molecule has 0 aliphatic carbocycles. The summed E-state index contributed by atoms with van der Waals surface area (Å²) < 4.78 is 0. The van der Waals surface area contributed by atoms with Gasteiger partial charge in [-0.15, -0.1) is 0 Å². The first-order chi connectivity index (χ1) is 10.2. The molecule has 0 saturated carbocycles. The van der Waals surface area contributed by atoms with E-state index in [1.165, 1.54) is 6.42 Å². The molecule has 0 radical (unpaired) electrons. The summed E-state index contributed by atoms with van der Waals surface area (Å²) in [6.07, 6.45) is 2.33. The summed E-state index contributed by atoms with van der Waals surface area (Å²) in [5.74, 6) is 0.389. The highest BCUT2D eigenvalue weighted by atomic mass is 35.5. The van der Waals surface area contributed by atoms with Crippen LogP contribution in [0.4, 0.5) is 0 Å². The van der Waals surface area contributed by atoms with Crippen molar-refractivity contribution in [2.75, 3.05) is 19.6 Å². The SMILES string of the molecule is O=C(NCC1CCCNC1)c1ccc2ccc(Cl)cc2n1. The summed E-state index contributed by atoms with van der Waals surface area (Å²) in [5, 5.41) is 7.93. The third-order valence-corrected chi connectivity index (χ3v) is 4.07. The average molecular weight is 304 g/mol. The Hall–Kier alpha value is -1.65. The van der Waals surface area contributed by atoms with Gasteiger partial charge in [0.2, 0.25) is 0 Å². The standard InChI is InChI=1S/C16H18ClN3O/c17-13-5-3-12-4-6-14(20-15(12)8-13)16(21)19-10-11-2-1-7-18-9-11/h3-6,8,11,18H,1-2,7,9-10H2,(H,19,21). The molecule has 1 unspecified atom stereocenters. The topological polar surface area (TPSA) is 54.0 Å². The lowest BCUT2D eigenvalue weighted by Crippen LogP contribution is -2.38. The van der Waals surface area contributed by atoms with Gasteiger partial charge < -0.3 is 10.6 Å². The van der Waals surface area contributed by atoms with Crippen LogP contribution in [-0.4, -0.2) is 30.5 Å². The molecule has 0 bridgehead atoms. The van der Waals surface area contributed by atoms with Crippen LogP contribution >= 0.6 is 11.6 Å². The normalized spacial score (nSPS) is 18.6. The lowest BCUT2D eigenvalue weighted by atomic mass is 10.00. The number of fused-ring (bicyclic) bond motifs is 1. The summed E-state index contributed by atoms with van der Waals surface area (Å²) in [6.45, 7) is 2.75. The minimum atomic E-state index is -0.123. The smallest absolute Gasteiger partial charge is 0.269 e. The van der Waals surface area contributed by atoms with E-state index in [1.54, 1.807) is 12.1 Å². The molecule has 1 amide bonds. The number of aromatic nitrogens is 1. The number of carbonyl (C=O) groups is 1. The maximum Gasteiger partial charge on any atom is 0.269 e. The number of piperidine rings is 1. The van der Waals surface area contributed by atoms with Crippen LogP contribution in [0.25, 0.3) is 10.9 Å². The van der Waals surface area contributed by atoms with E-state index in [0.717, 1.165) is 30.4 Å². The highest BCUT2D eigenvalue weighted by molar-refractivity contribution is 6.31. The third-order valence-electron chi connectivity index (χ3n) is 3.84. The van der Waals surface area contributed by atoms with E-state index in [9.17, 15) is 4.79 Å². The maximum absolute atomic E-state index is 12.2. The zero-order valence-corrected chi connectivity index (χ0v) is 12.5. The van der Waals surface area contributed by atoms with Crippen molar-refractivity contribution >= 4 is 28.4 Å². The first kappa shape index (κ1) is 14.3. The van der Waals surface area contributed by atoms with E-state index in [4.69, 9.17) is 11.6 Å². The van der Waals surface area contributed by atoms with Crippen LogP contribution in [-0.2, 0) is 0 Å². The minimum absolute atomic E-state index is 0.123. The fourth-order valence-electron chi connectivity index (χ4n) is 2.64. The number of rotatable bonds is 3. The second kappa shape index (κ2) is 6.41. The highest BCUT2D eigenvalue weighted by Gasteiger charge is 2.15. The Bertz CT molecular complexity index is 653. The van der Waals surface area contributed by atoms with E-state index >= 15 is 0 Å². The summed E-state index contributed by atoms with van der Waals surface area (Å²) in [4.78, 5) is 16.6. The molecular formula is C16H18ClN3O. The molecule has 0 spiro atoms. The van der Waals surface area contributed by atoms with Gasteiger partial charge in [0.15, 0.2) is 0 Å². The van der Waals surface area contributed by atoms with Gasteiger partial charge in [0.05, 0.1) is 5.52 Å². The van der Waals surface area contributed by atoms with Crippen molar-refractivity contribution < 1.29 is 4.79 Å². The van der Waals surface area contributed by atoms with Crippen molar-refractivity contribution in [2.45, 2.75) is 12.8 Å². The Kier molecular flexibility index (Phi) is 4.36. The Balaban J connectivity index is 1.68. The largest absolute Gasteiger partial charge is 0.350 e. The summed E-state index contributed by atoms with van der Waals surface area (Å²) in [7, 11) is 0. The van der Waals surface area contributed by atoms with Gasteiger partial charge in [-0.25, -0.2) is 4.98 Å². The van der Waals surface area contributed by atoms with Crippen molar-refractivity contribution in [3.8, 4) is 0 Å². The van der Waals surface area contributed by atoms with Crippen LogP contribution in [0.1, 0.15) is 23.3 Å². The number of pyridine rings is 1. The van der Waals surface area contributed by atoms with Crippen LogP contribution < -0.4 is 10.6 Å². The number of nitrogens with one attached hydrogen (secondary N) is 2. The Morgan fingerprint density at radius 3 is 3.05 bits per heavy atom. The van der Waals surface area contributed by atoms with Crippen molar-refractivity contribution in [3.05, 3.63) is 41.0 Å². The zero-order valence-electron chi connectivity index (χ0n) is 11.7. The van der Waals surface area contributed by atoms with Crippen molar-refractivity contribution in [3.63, 3.8) is 0 Å². The van der Waals surface area contributed by atoms with Gasteiger partial charge in [-0.2, -0.15) is 0 Å². The van der Waals surface area contributed by atoms with Gasteiger partial charge in [0.25, 0.3) is 5.91 Å². The average Bonchev–Trinajstić information content (AvgIpc) is 2.53. The predicted octanol–water partition coefficient (Wildman–Crippen LogP) is 2.62. The quantitative estimate of drug-likeness (QED) is 0.916. The van der Waals surface area contributed by atoms with E-state index in [-0.39, 0.29) is 5.91 Å². The van der Waals surface area contributed by atoms with Crippen LogP contribution in [0, 0.1) is 5.92 Å². The lowest BCUT2D eigenvalue weighted by Gasteiger charge is -2.22. The monoisotopic (exact) mass is 303 g/mol. The van der Waals surface area contributed by atoms with E-state index in [2.05, 4.69) is 15.6 Å². The fraction of sp³-hybridized carbons (Fsp3) is 0.375. The second-order valence-corrected chi connectivity index (χ2v) is 5.89. The Morgan fingerprint density at radius 1 is 1.38 bits per heavy atom. The number of halogens is 1. The van der Waals surface area contributed by atoms with Gasteiger partial charge in [-0.1, -0.05) is 23.7 Å². The molecule has 1 aliphatic heterocycles. The van der Waals surface area contributed by atoms with E-state index in [0.29, 0.717) is 23.2 Å². The number of hydrogen-bond donors (Lipinski definition) is 2. The molecule has 1 aliphatic rings. The predicted molar refractivity (Wildman–Crippen MR) is 84.7 cm³/mol. The van der Waals surface area contributed by atoms with Crippen molar-refractivity contribution in [1.29, 1.82) is 0 Å². The summed E-state index contributed by atoms with van der Waals surface area (Å²) in [6, 6.07) is 9.15. The molecule has 3 rings (SSSR count). The van der Waals surface area contributed by atoms with E-state index in [1.807, 2.05) is 18.2 Å². The maximum atomic E-state index is 12.2. The van der Waals surface area contributed by atoms with Crippen LogP contribution in [0.2, 0.25) is 5.02 Å². The third kappa shape index (κ3) is 3.52. The minimum Gasteiger partial charge on any atom is -0.350 e. The first-order valence-corrected chi connectivity index (χ1v) is 7.65. The van der Waals surface area contributed by atoms with Gasteiger partial charge >= 0.3 is 0 Å². The summed E-state index contributed by atoms with van der Waals surface area (Å²) in [5.41, 5.74) is 1.18. The Morgan fingerprint density at radius 2 is 2.24 bits per heavy atom. The number of benzene rings is 1. The fourth-order valence-corrected chi connectivity index (χ4v) is 2.81. The molecule has 2 N–H and O–H groups in total. The Labute approximate surface area is 128 Å². The van der Waals surface area contributed by atoms with Gasteiger partial charge in [0.1, 0.15) is 5.69 Å². The number of hydrogen-bond acceptors (Lipinski definition) is 3. The molecule has 2 aromatic rings. The molecule has 1 saturated heterocycles. The van der Waals surface area contributed by atoms with Gasteiger partial charge in [-0.3, -0.25) is 4.79 Å². The van der Waals surface area contributed by atoms with Gasteiger partial charge in [-0.05, 0) is 50.0 Å². The number of amides is 1. The number of nitrogens with zero attached hydrogens (tertiary/aromatic N) is 1. The molecule has 4 nitrogen and oxygen atoms in total. The summed E-state index contributed by atoms with van der Waals surface area (Å²) >= 11 is 5.97. The molecule has 21 heavy (non-hydrogen) atoms. The molecule has 1 aromatic heterocycles. The zero-order chi connectivity index (χ0) is 14.7. The molecule has 1 fully saturated rings. The molecule has 110 valence electrons. The molecule has 1 aromatic carbocycles. The van der Waals surface area contributed by atoms with Crippen molar-refractivity contribution in [2.24, 2.45) is 5.92 Å². The second-order valence-electron chi connectivity index (χ2n) is 5.46. The van der Waals surface area contributed by atoms with E-state index < -0.39 is 0 Å². The van der Waals surface area contributed by atoms with Crippen LogP contribution in [0.3, 0.4) is 0 Å².